The highest BCUT2D eigenvalue weighted by Gasteiger charge is 2.01. The van der Waals surface area contributed by atoms with Crippen LogP contribution in [0.3, 0.4) is 0 Å². The van der Waals surface area contributed by atoms with Gasteiger partial charge in [-0.15, -0.1) is 0 Å². The maximum absolute atomic E-state index is 11.7. The largest absolute Gasteiger partial charge is 0.478 e. The molecule has 0 unspecified atom stereocenters. The second-order valence-corrected chi connectivity index (χ2v) is 3.19. The minimum atomic E-state index is -2.42. The van der Waals surface area contributed by atoms with Crippen molar-refractivity contribution in [3.05, 3.63) is 18.2 Å². The van der Waals surface area contributed by atoms with Gasteiger partial charge in [-0.05, 0) is 13.0 Å². The van der Waals surface area contributed by atoms with Gasteiger partial charge in [0.2, 0.25) is 5.88 Å². The lowest BCUT2D eigenvalue weighted by atomic mass is 10.4. The lowest BCUT2D eigenvalue weighted by Gasteiger charge is -2.08. The molecule has 6 heteroatoms. The van der Waals surface area contributed by atoms with Crippen LogP contribution < -0.4 is 10.1 Å². The third-order valence-electron chi connectivity index (χ3n) is 1.81. The van der Waals surface area contributed by atoms with Crippen LogP contribution >= 0.6 is 0 Å². The maximum Gasteiger partial charge on any atom is 0.261 e. The number of nitrogens with one attached hydrogen (secondary N) is 1. The molecule has 0 radical (unpaired) electrons. The van der Waals surface area contributed by atoms with E-state index in [4.69, 9.17) is 9.47 Å². The molecule has 4 nitrogen and oxygen atoms in total. The number of halogens is 2. The number of alkyl halides is 2. The van der Waals surface area contributed by atoms with Crippen LogP contribution in [-0.2, 0) is 4.74 Å². The van der Waals surface area contributed by atoms with Crippen LogP contribution in [0.25, 0.3) is 0 Å². The average molecular weight is 246 g/mol. The van der Waals surface area contributed by atoms with Crippen molar-refractivity contribution in [2.75, 3.05) is 31.7 Å². The summed E-state index contributed by atoms with van der Waals surface area (Å²) in [6.07, 6.45) is -2.42. The van der Waals surface area contributed by atoms with Gasteiger partial charge in [0.1, 0.15) is 12.4 Å². The molecule has 0 saturated heterocycles. The van der Waals surface area contributed by atoms with Gasteiger partial charge in [0.25, 0.3) is 6.43 Å². The van der Waals surface area contributed by atoms with Crippen LogP contribution in [0.15, 0.2) is 18.2 Å². The molecule has 96 valence electrons. The van der Waals surface area contributed by atoms with Gasteiger partial charge in [-0.3, -0.25) is 0 Å². The van der Waals surface area contributed by atoms with Crippen molar-refractivity contribution in [3.63, 3.8) is 0 Å². The van der Waals surface area contributed by atoms with E-state index in [2.05, 4.69) is 10.3 Å². The molecule has 0 aliphatic carbocycles. The van der Waals surface area contributed by atoms with E-state index in [-0.39, 0.29) is 6.61 Å². The van der Waals surface area contributed by atoms with Crippen LogP contribution in [0.1, 0.15) is 6.92 Å². The smallest absolute Gasteiger partial charge is 0.261 e. The third-order valence-corrected chi connectivity index (χ3v) is 1.81. The van der Waals surface area contributed by atoms with Crippen LogP contribution in [-0.4, -0.2) is 37.8 Å². The Morgan fingerprint density at radius 1 is 1.41 bits per heavy atom. The zero-order valence-corrected chi connectivity index (χ0v) is 9.66. The van der Waals surface area contributed by atoms with E-state index < -0.39 is 13.0 Å². The summed E-state index contributed by atoms with van der Waals surface area (Å²) < 4.78 is 33.4. The Bertz CT molecular complexity index is 324. The Labute approximate surface area is 98.9 Å². The molecule has 1 heterocycles. The number of hydrogen-bond donors (Lipinski definition) is 1. The Balaban J connectivity index is 2.24. The van der Waals surface area contributed by atoms with Crippen molar-refractivity contribution in [1.82, 2.24) is 4.98 Å². The van der Waals surface area contributed by atoms with Gasteiger partial charge in [0, 0.05) is 12.6 Å². The predicted molar refractivity (Wildman–Crippen MR) is 60.7 cm³/mol. The molecule has 0 amide bonds. The standard InChI is InChI=1S/C11H16F2N2O2/c1-2-17-11-5-3-4-10(15-11)14-6-7-16-8-9(12)13/h3-5,9H,2,6-8H2,1H3,(H,14,15). The first-order valence-corrected chi connectivity index (χ1v) is 5.42. The molecule has 0 bridgehead atoms. The molecule has 0 saturated carbocycles. The molecular formula is C11H16F2N2O2. The van der Waals surface area contributed by atoms with Gasteiger partial charge in [-0.25, -0.2) is 8.78 Å². The van der Waals surface area contributed by atoms with Crippen LogP contribution in [0.5, 0.6) is 5.88 Å². The summed E-state index contributed by atoms with van der Waals surface area (Å²) in [6, 6.07) is 5.33. The number of hydrogen-bond acceptors (Lipinski definition) is 4. The Kier molecular flexibility index (Phi) is 6.24. The summed E-state index contributed by atoms with van der Waals surface area (Å²) in [5, 5.41) is 2.96. The van der Waals surface area contributed by atoms with Gasteiger partial charge in [-0.2, -0.15) is 4.98 Å². The predicted octanol–water partition coefficient (Wildman–Crippen LogP) is 2.17. The molecule has 1 aromatic heterocycles. The minimum Gasteiger partial charge on any atom is -0.478 e. The number of rotatable bonds is 8. The number of ether oxygens (including phenoxy) is 2. The zero-order chi connectivity index (χ0) is 12.5. The van der Waals surface area contributed by atoms with E-state index in [1.165, 1.54) is 0 Å². The van der Waals surface area contributed by atoms with E-state index in [0.29, 0.717) is 24.8 Å². The molecule has 0 spiro atoms. The van der Waals surface area contributed by atoms with Crippen molar-refractivity contribution >= 4 is 5.82 Å². The fraction of sp³-hybridized carbons (Fsp3) is 0.545. The first-order valence-electron chi connectivity index (χ1n) is 5.42. The van der Waals surface area contributed by atoms with Crippen molar-refractivity contribution < 1.29 is 18.3 Å². The highest BCUT2D eigenvalue weighted by molar-refractivity contribution is 5.36. The van der Waals surface area contributed by atoms with Gasteiger partial charge in [0.05, 0.1) is 13.2 Å². The van der Waals surface area contributed by atoms with E-state index in [1.54, 1.807) is 18.2 Å². The number of aromatic nitrogens is 1. The highest BCUT2D eigenvalue weighted by Crippen LogP contribution is 2.10. The van der Waals surface area contributed by atoms with E-state index in [9.17, 15) is 8.78 Å². The molecule has 0 aliphatic rings. The second-order valence-electron chi connectivity index (χ2n) is 3.19. The molecular weight excluding hydrogens is 230 g/mol. The fourth-order valence-corrected chi connectivity index (χ4v) is 1.17. The molecule has 0 atom stereocenters. The summed E-state index contributed by atoms with van der Waals surface area (Å²) in [4.78, 5) is 4.16. The Morgan fingerprint density at radius 2 is 2.24 bits per heavy atom. The Morgan fingerprint density at radius 3 is 2.94 bits per heavy atom. The molecule has 0 aromatic carbocycles. The Hall–Kier alpha value is -1.43. The first-order chi connectivity index (χ1) is 8.22. The van der Waals surface area contributed by atoms with E-state index in [0.717, 1.165) is 0 Å². The summed E-state index contributed by atoms with van der Waals surface area (Å²) in [5.74, 6) is 1.17. The minimum absolute atomic E-state index is 0.213. The maximum atomic E-state index is 11.7. The summed E-state index contributed by atoms with van der Waals surface area (Å²) >= 11 is 0. The average Bonchev–Trinajstić information content (AvgIpc) is 2.29. The van der Waals surface area contributed by atoms with Gasteiger partial charge >= 0.3 is 0 Å². The normalized spacial score (nSPS) is 10.6. The van der Waals surface area contributed by atoms with Gasteiger partial charge < -0.3 is 14.8 Å². The molecule has 1 N–H and O–H groups in total. The van der Waals surface area contributed by atoms with Crippen molar-refractivity contribution in [2.45, 2.75) is 13.3 Å². The molecule has 17 heavy (non-hydrogen) atoms. The number of nitrogens with zero attached hydrogens (tertiary/aromatic N) is 1. The number of anilines is 1. The SMILES string of the molecule is CCOc1cccc(NCCOCC(F)F)n1. The molecule has 1 rings (SSSR count). The summed E-state index contributed by atoms with van der Waals surface area (Å²) in [5.41, 5.74) is 0. The van der Waals surface area contributed by atoms with Crippen molar-refractivity contribution in [3.8, 4) is 5.88 Å². The van der Waals surface area contributed by atoms with Crippen molar-refractivity contribution in [1.29, 1.82) is 0 Å². The van der Waals surface area contributed by atoms with Gasteiger partial charge in [0.15, 0.2) is 0 Å². The van der Waals surface area contributed by atoms with Gasteiger partial charge in [-0.1, -0.05) is 6.07 Å². The number of pyridine rings is 1. The zero-order valence-electron chi connectivity index (χ0n) is 9.66. The highest BCUT2D eigenvalue weighted by atomic mass is 19.3. The van der Waals surface area contributed by atoms with E-state index in [1.807, 2.05) is 6.92 Å². The van der Waals surface area contributed by atoms with Crippen LogP contribution in [0.2, 0.25) is 0 Å². The lowest BCUT2D eigenvalue weighted by Crippen LogP contribution is -2.13. The first kappa shape index (κ1) is 13.6. The second kappa shape index (κ2) is 7.78. The fourth-order valence-electron chi connectivity index (χ4n) is 1.17. The third kappa shape index (κ3) is 6.01. The summed E-state index contributed by atoms with van der Waals surface area (Å²) in [6.45, 7) is 2.53. The molecule has 0 fully saturated rings. The van der Waals surface area contributed by atoms with Crippen molar-refractivity contribution in [2.24, 2.45) is 0 Å². The lowest BCUT2D eigenvalue weighted by molar-refractivity contribution is 0.0215. The monoisotopic (exact) mass is 246 g/mol. The quantitative estimate of drug-likeness (QED) is 0.714. The molecule has 1 aromatic rings. The van der Waals surface area contributed by atoms with E-state index >= 15 is 0 Å². The van der Waals surface area contributed by atoms with Crippen LogP contribution in [0, 0.1) is 0 Å². The topological polar surface area (TPSA) is 43.4 Å². The summed E-state index contributed by atoms with van der Waals surface area (Å²) in [7, 11) is 0. The van der Waals surface area contributed by atoms with Crippen LogP contribution in [0.4, 0.5) is 14.6 Å². The molecule has 0 aliphatic heterocycles.